The van der Waals surface area contributed by atoms with Gasteiger partial charge in [0.1, 0.15) is 0 Å². The van der Waals surface area contributed by atoms with E-state index < -0.39 is 68.7 Å². The minimum Gasteiger partial charge on any atom is -0.549 e. The molecule has 0 saturated heterocycles. The molecule has 3 rings (SSSR count). The van der Waals surface area contributed by atoms with Crippen molar-refractivity contribution in [3.63, 3.8) is 0 Å². The van der Waals surface area contributed by atoms with Crippen LogP contribution in [0.2, 0.25) is 0 Å². The topological polar surface area (TPSA) is 181 Å². The average molecular weight is 781 g/mol. The maximum atomic E-state index is 11.5. The SMILES string of the molecule is CC(C)(C)C1=CC(O)C(C(=O)[O-])(C(C)(C)C)C=C1.CC(C)(C)C1=CC(O)C(C(=O)[O-])(C(C)(C)C)C=C1.CC(C)(C)C1=CC(O)C(C(=O)[O-])(C(C)(C)C)C=C1.[Al+3]. The van der Waals surface area contributed by atoms with Crippen molar-refractivity contribution in [2.24, 2.45) is 48.7 Å². The smallest absolute Gasteiger partial charge is 0.549 e. The van der Waals surface area contributed by atoms with Gasteiger partial charge in [-0.25, -0.2) is 0 Å². The van der Waals surface area contributed by atoms with E-state index in [4.69, 9.17) is 0 Å². The summed E-state index contributed by atoms with van der Waals surface area (Å²) in [5.41, 5.74) is -3.52. The second-order valence-electron chi connectivity index (χ2n) is 21.2. The number of rotatable bonds is 3. The molecule has 55 heavy (non-hydrogen) atoms. The van der Waals surface area contributed by atoms with E-state index in [-0.39, 0.29) is 33.6 Å². The van der Waals surface area contributed by atoms with E-state index >= 15 is 0 Å². The van der Waals surface area contributed by atoms with Crippen molar-refractivity contribution < 1.29 is 45.0 Å². The first-order chi connectivity index (χ1) is 23.8. The van der Waals surface area contributed by atoms with Gasteiger partial charge in [-0.1, -0.05) is 179 Å². The summed E-state index contributed by atoms with van der Waals surface area (Å²) in [6.45, 7) is 34.4. The van der Waals surface area contributed by atoms with Crippen LogP contribution in [0, 0.1) is 48.7 Å². The van der Waals surface area contributed by atoms with Gasteiger partial charge in [-0.05, 0) is 49.2 Å². The number of hydrogen-bond acceptors (Lipinski definition) is 9. The number of allylic oxidation sites excluding steroid dienone is 6. The maximum absolute atomic E-state index is 11.5. The zero-order chi connectivity index (χ0) is 43.1. The first kappa shape index (κ1) is 52.3. The van der Waals surface area contributed by atoms with Crippen LogP contribution < -0.4 is 15.3 Å². The van der Waals surface area contributed by atoms with Gasteiger partial charge in [0.2, 0.25) is 0 Å². The van der Waals surface area contributed by atoms with Crippen molar-refractivity contribution in [1.29, 1.82) is 0 Å². The Balaban J connectivity index is 0.000000788. The van der Waals surface area contributed by atoms with Gasteiger partial charge < -0.3 is 45.0 Å². The second kappa shape index (κ2) is 17.0. The molecule has 10 heteroatoms. The Bertz CT molecular complexity index is 1410. The zero-order valence-electron chi connectivity index (χ0n) is 36.8. The Labute approximate surface area is 342 Å². The molecular weight excluding hydrogens is 711 g/mol. The summed E-state index contributed by atoms with van der Waals surface area (Å²) in [6.07, 6.45) is 11.9. The van der Waals surface area contributed by atoms with Gasteiger partial charge in [0, 0.05) is 0 Å². The van der Waals surface area contributed by atoms with Crippen LogP contribution in [0.1, 0.15) is 125 Å². The predicted octanol–water partition coefficient (Wildman–Crippen LogP) is 4.64. The molecule has 3 N–H and O–H groups in total. The monoisotopic (exact) mass is 780 g/mol. The Hall–Kier alpha value is -2.74. The van der Waals surface area contributed by atoms with E-state index in [0.29, 0.717) is 0 Å². The van der Waals surface area contributed by atoms with Crippen LogP contribution in [0.15, 0.2) is 71.4 Å². The molecule has 0 amide bonds. The van der Waals surface area contributed by atoms with Crippen LogP contribution in [0.25, 0.3) is 0 Å². The number of carboxylic acid groups (broad SMARTS) is 3. The quantitative estimate of drug-likeness (QED) is 0.344. The molecule has 6 atom stereocenters. The number of aliphatic carboxylic acids is 3. The molecule has 0 bridgehead atoms. The third kappa shape index (κ3) is 10.6. The number of carbonyl (C=O) groups is 3. The third-order valence-electron chi connectivity index (χ3n) is 11.3. The Morgan fingerprint density at radius 2 is 0.600 bits per heavy atom. The molecule has 0 fully saturated rings. The van der Waals surface area contributed by atoms with Crippen LogP contribution >= 0.6 is 0 Å². The van der Waals surface area contributed by atoms with E-state index in [9.17, 15) is 45.0 Å². The minimum absolute atomic E-state index is 0. The maximum Gasteiger partial charge on any atom is 3.00 e. The number of aliphatic hydroxyl groups excluding tert-OH is 3. The third-order valence-corrected chi connectivity index (χ3v) is 11.3. The molecule has 0 spiro atoms. The first-order valence-electron chi connectivity index (χ1n) is 18.7. The molecule has 0 aromatic rings. The second-order valence-corrected chi connectivity index (χ2v) is 21.2. The first-order valence-corrected chi connectivity index (χ1v) is 18.7. The van der Waals surface area contributed by atoms with Crippen LogP contribution in [0.3, 0.4) is 0 Å². The molecule has 0 heterocycles. The van der Waals surface area contributed by atoms with Crippen LogP contribution in [0.4, 0.5) is 0 Å². The number of hydrogen-bond donors (Lipinski definition) is 3. The normalized spacial score (nSPS) is 28.5. The summed E-state index contributed by atoms with van der Waals surface area (Å²) in [5, 5.41) is 65.5. The minimum atomic E-state index is -1.37. The Morgan fingerprint density at radius 1 is 0.436 bits per heavy atom. The summed E-state index contributed by atoms with van der Waals surface area (Å²) in [4.78, 5) is 34.6. The van der Waals surface area contributed by atoms with Crippen LogP contribution in [-0.2, 0) is 14.4 Å². The largest absolute Gasteiger partial charge is 3.00 e. The van der Waals surface area contributed by atoms with Crippen molar-refractivity contribution in [2.45, 2.75) is 143 Å². The van der Waals surface area contributed by atoms with Gasteiger partial charge in [-0.2, -0.15) is 0 Å². The summed E-state index contributed by atoms with van der Waals surface area (Å²) < 4.78 is 0. The van der Waals surface area contributed by atoms with Gasteiger partial charge in [0.05, 0.1) is 52.5 Å². The Morgan fingerprint density at radius 3 is 0.691 bits per heavy atom. The predicted molar refractivity (Wildman–Crippen MR) is 214 cm³/mol. The summed E-state index contributed by atoms with van der Waals surface area (Å²) in [5.74, 6) is -3.70. The van der Waals surface area contributed by atoms with Crippen molar-refractivity contribution in [1.82, 2.24) is 0 Å². The van der Waals surface area contributed by atoms with Crippen molar-refractivity contribution in [3.05, 3.63) is 71.4 Å². The van der Waals surface area contributed by atoms with E-state index in [1.54, 1.807) is 117 Å². The molecule has 0 saturated carbocycles. The van der Waals surface area contributed by atoms with Gasteiger partial charge >= 0.3 is 17.4 Å². The van der Waals surface area contributed by atoms with Crippen molar-refractivity contribution >= 4 is 35.3 Å². The average Bonchev–Trinajstić information content (AvgIpc) is 2.93. The van der Waals surface area contributed by atoms with E-state index in [1.165, 1.54) is 0 Å². The number of carboxylic acids is 3. The molecule has 0 radical (unpaired) electrons. The molecule has 3 aliphatic rings. The Kier molecular flexibility index (Phi) is 16.2. The van der Waals surface area contributed by atoms with Crippen LogP contribution in [-0.4, -0.2) is 68.9 Å². The fraction of sp³-hybridized carbons (Fsp3) is 0.667. The van der Waals surface area contributed by atoms with Gasteiger partial charge in [-0.3, -0.25) is 0 Å². The van der Waals surface area contributed by atoms with Gasteiger partial charge in [0.25, 0.3) is 0 Å². The van der Waals surface area contributed by atoms with E-state index in [0.717, 1.165) is 16.7 Å². The summed E-state index contributed by atoms with van der Waals surface area (Å²) in [6, 6.07) is 0. The van der Waals surface area contributed by atoms with E-state index in [1.807, 2.05) is 62.3 Å². The fourth-order valence-electron chi connectivity index (χ4n) is 7.10. The van der Waals surface area contributed by atoms with Gasteiger partial charge in [-0.15, -0.1) is 0 Å². The molecule has 3 aliphatic carbocycles. The molecule has 306 valence electrons. The summed E-state index contributed by atoms with van der Waals surface area (Å²) >= 11 is 0. The number of aliphatic hydroxyl groups is 3. The molecule has 9 nitrogen and oxygen atoms in total. The van der Waals surface area contributed by atoms with Crippen molar-refractivity contribution in [3.8, 4) is 0 Å². The standard InChI is InChI=1S/3C15H24O3.Al/c3*1-13(2,3)10-7-8-15(12(17)18,11(16)9-10)14(4,5)6;/h3*7-9,11,16H,1-6H3,(H,17,18);/q;;;+3/p-3. The molecule has 0 aromatic carbocycles. The molecule has 0 aliphatic heterocycles. The van der Waals surface area contributed by atoms with Crippen LogP contribution in [0.5, 0.6) is 0 Å². The molecule has 6 unspecified atom stereocenters. The van der Waals surface area contributed by atoms with Gasteiger partial charge in [0.15, 0.2) is 0 Å². The zero-order valence-corrected chi connectivity index (χ0v) is 38.0. The fourth-order valence-corrected chi connectivity index (χ4v) is 7.10. The number of carbonyl (C=O) groups excluding carboxylic acids is 3. The molecular formula is C45H69AlO9. The van der Waals surface area contributed by atoms with Crippen molar-refractivity contribution in [2.75, 3.05) is 0 Å². The van der Waals surface area contributed by atoms with E-state index in [2.05, 4.69) is 0 Å². The molecule has 0 aromatic heterocycles. The summed E-state index contributed by atoms with van der Waals surface area (Å²) in [7, 11) is 0.